The lowest BCUT2D eigenvalue weighted by atomic mass is 9.76. The summed E-state index contributed by atoms with van der Waals surface area (Å²) in [5.74, 6) is 0. The van der Waals surface area contributed by atoms with E-state index in [-0.39, 0.29) is 16.2 Å². The molecular formula is C65H52. The van der Waals surface area contributed by atoms with Crippen LogP contribution in [0.15, 0.2) is 170 Å². The average Bonchev–Trinajstić information content (AvgIpc) is 3.89. The summed E-state index contributed by atoms with van der Waals surface area (Å²) in [4.78, 5) is 0. The largest absolute Gasteiger partial charge is 0.0622 e. The van der Waals surface area contributed by atoms with Crippen molar-refractivity contribution in [1.29, 1.82) is 0 Å². The minimum atomic E-state index is -0.131. The molecule has 0 aliphatic heterocycles. The third-order valence-electron chi connectivity index (χ3n) is 15.4. The summed E-state index contributed by atoms with van der Waals surface area (Å²) < 4.78 is 0. The minimum absolute atomic E-state index is 0.0166. The highest BCUT2D eigenvalue weighted by Gasteiger charge is 2.39. The Kier molecular flexibility index (Phi) is 7.72. The first-order valence-electron chi connectivity index (χ1n) is 23.5. The Hall–Kier alpha value is -7.02. The molecule has 12 aromatic rings. The Morgan fingerprint density at radius 2 is 0.892 bits per heavy atom. The van der Waals surface area contributed by atoms with E-state index in [9.17, 15) is 0 Å². The fourth-order valence-electron chi connectivity index (χ4n) is 12.1. The van der Waals surface area contributed by atoms with E-state index in [2.05, 4.69) is 225 Å². The molecule has 0 saturated heterocycles. The Morgan fingerprint density at radius 1 is 0.308 bits per heavy atom. The zero-order valence-corrected chi connectivity index (χ0v) is 38.7. The first-order chi connectivity index (χ1) is 31.3. The van der Waals surface area contributed by atoms with E-state index in [0.29, 0.717) is 0 Å². The predicted octanol–water partition coefficient (Wildman–Crippen LogP) is 18.5. The van der Waals surface area contributed by atoms with Gasteiger partial charge < -0.3 is 0 Å². The van der Waals surface area contributed by atoms with Crippen molar-refractivity contribution in [3.8, 4) is 44.5 Å². The fourth-order valence-corrected chi connectivity index (χ4v) is 12.1. The van der Waals surface area contributed by atoms with Crippen LogP contribution in [0.5, 0.6) is 0 Å². The van der Waals surface area contributed by atoms with Crippen LogP contribution in [0, 0.1) is 0 Å². The van der Waals surface area contributed by atoms with Gasteiger partial charge in [0, 0.05) is 5.41 Å². The maximum atomic E-state index is 2.58. The van der Waals surface area contributed by atoms with Crippen LogP contribution >= 0.6 is 0 Å². The molecule has 65 heavy (non-hydrogen) atoms. The molecule has 0 bridgehead atoms. The Morgan fingerprint density at radius 3 is 1.55 bits per heavy atom. The Bertz CT molecular complexity index is 3940. The summed E-state index contributed by atoms with van der Waals surface area (Å²) in [5.41, 5.74) is 16.1. The van der Waals surface area contributed by atoms with Crippen LogP contribution in [-0.4, -0.2) is 0 Å². The van der Waals surface area contributed by atoms with Crippen molar-refractivity contribution in [1.82, 2.24) is 0 Å². The van der Waals surface area contributed by atoms with E-state index >= 15 is 0 Å². The number of hydrogen-bond donors (Lipinski definition) is 0. The Balaban J connectivity index is 1.19. The van der Waals surface area contributed by atoms with Crippen LogP contribution in [0.25, 0.3) is 120 Å². The second-order valence-electron chi connectivity index (χ2n) is 21.6. The molecule has 1 aliphatic carbocycles. The highest BCUT2D eigenvalue weighted by Crippen LogP contribution is 2.57. The molecule has 312 valence electrons. The minimum Gasteiger partial charge on any atom is -0.0622 e. The molecule has 0 aromatic heterocycles. The van der Waals surface area contributed by atoms with Gasteiger partial charge in [0.25, 0.3) is 0 Å². The molecule has 0 amide bonds. The van der Waals surface area contributed by atoms with E-state index in [1.54, 1.807) is 0 Å². The standard InChI is InChI=1S/C65H52/c1-63(2,3)41-29-31-45-53(34-41)65(7,8)54-35-42(64(4,5)6)33-49(59(45)54)40-28-30-43-44-24-17-27-48-58(44)51(50(43)32-40)36-52-56(38-18-11-9-12-19-38)61-46-25-15-22-37-23-16-26-47(55(37)46)62(61)57(60(48)52)39-20-13-10-14-21-39/h9-36H,1-8H3. The molecular weight excluding hydrogens is 781 g/mol. The van der Waals surface area contributed by atoms with Gasteiger partial charge in [-0.2, -0.15) is 0 Å². The van der Waals surface area contributed by atoms with Crippen molar-refractivity contribution in [2.45, 2.75) is 71.6 Å². The molecule has 0 radical (unpaired) electrons. The molecule has 0 nitrogen and oxygen atoms in total. The van der Waals surface area contributed by atoms with Crippen molar-refractivity contribution >= 4 is 75.4 Å². The quantitative estimate of drug-likeness (QED) is 0.156. The molecule has 0 spiro atoms. The molecule has 0 heteroatoms. The van der Waals surface area contributed by atoms with Crippen LogP contribution in [0.1, 0.15) is 77.6 Å². The smallest absolute Gasteiger partial charge is 0.0159 e. The Labute approximate surface area is 381 Å². The summed E-state index contributed by atoms with van der Waals surface area (Å²) >= 11 is 0. The van der Waals surface area contributed by atoms with Crippen molar-refractivity contribution in [3.63, 3.8) is 0 Å². The van der Waals surface area contributed by atoms with Gasteiger partial charge in [-0.05, 0) is 171 Å². The zero-order valence-electron chi connectivity index (χ0n) is 38.7. The first-order valence-corrected chi connectivity index (χ1v) is 23.5. The number of rotatable bonds is 3. The van der Waals surface area contributed by atoms with Crippen molar-refractivity contribution in [2.75, 3.05) is 0 Å². The number of benzene rings is 10. The summed E-state index contributed by atoms with van der Waals surface area (Å²) in [6.07, 6.45) is 0. The van der Waals surface area contributed by atoms with Gasteiger partial charge >= 0.3 is 0 Å². The van der Waals surface area contributed by atoms with E-state index in [0.717, 1.165) is 0 Å². The second kappa shape index (κ2) is 13.0. The monoisotopic (exact) mass is 832 g/mol. The third kappa shape index (κ3) is 5.26. The summed E-state index contributed by atoms with van der Waals surface area (Å²) in [7, 11) is 0. The fraction of sp³-hybridized carbons (Fsp3) is 0.169. The second-order valence-corrected chi connectivity index (χ2v) is 21.6. The molecule has 0 atom stereocenters. The highest BCUT2D eigenvalue weighted by atomic mass is 14.4. The van der Waals surface area contributed by atoms with Gasteiger partial charge in [0.1, 0.15) is 0 Å². The summed E-state index contributed by atoms with van der Waals surface area (Å²) in [6, 6.07) is 65.5. The van der Waals surface area contributed by atoms with Gasteiger partial charge in [0.05, 0.1) is 0 Å². The molecule has 0 unspecified atom stereocenters. The summed E-state index contributed by atoms with van der Waals surface area (Å²) in [6.45, 7) is 19.0. The van der Waals surface area contributed by atoms with Crippen molar-refractivity contribution in [2.24, 2.45) is 0 Å². The maximum absolute atomic E-state index is 2.58. The third-order valence-corrected chi connectivity index (χ3v) is 15.4. The van der Waals surface area contributed by atoms with E-state index in [1.807, 2.05) is 0 Å². The topological polar surface area (TPSA) is 0 Å². The molecule has 1 aliphatic rings. The van der Waals surface area contributed by atoms with Crippen molar-refractivity contribution in [3.05, 3.63) is 192 Å². The van der Waals surface area contributed by atoms with Crippen LogP contribution in [0.3, 0.4) is 0 Å². The first kappa shape index (κ1) is 38.4. The molecule has 0 heterocycles. The lowest BCUT2D eigenvalue weighted by Gasteiger charge is -2.27. The lowest BCUT2D eigenvalue weighted by Crippen LogP contribution is -2.19. The zero-order chi connectivity index (χ0) is 44.3. The van der Waals surface area contributed by atoms with Crippen LogP contribution in [0.4, 0.5) is 0 Å². The maximum Gasteiger partial charge on any atom is 0.0159 e. The van der Waals surface area contributed by atoms with Crippen LogP contribution in [-0.2, 0) is 16.2 Å². The van der Waals surface area contributed by atoms with Gasteiger partial charge in [-0.15, -0.1) is 0 Å². The molecule has 0 saturated carbocycles. The van der Waals surface area contributed by atoms with E-state index in [4.69, 9.17) is 0 Å². The van der Waals surface area contributed by atoms with Gasteiger partial charge in [-0.25, -0.2) is 0 Å². The number of hydrogen-bond acceptors (Lipinski definition) is 0. The number of fused-ring (bicyclic) bond motifs is 11. The van der Waals surface area contributed by atoms with Gasteiger partial charge in [-0.3, -0.25) is 0 Å². The van der Waals surface area contributed by atoms with E-state index in [1.165, 1.54) is 142 Å². The normalized spacial score (nSPS) is 14.0. The predicted molar refractivity (Wildman–Crippen MR) is 283 cm³/mol. The highest BCUT2D eigenvalue weighted by molar-refractivity contribution is 6.44. The molecule has 13 rings (SSSR count). The summed E-state index contributed by atoms with van der Waals surface area (Å²) in [5, 5.41) is 18.6. The average molecular weight is 833 g/mol. The lowest BCUT2D eigenvalue weighted by molar-refractivity contribution is 0.580. The van der Waals surface area contributed by atoms with Gasteiger partial charge in [0.15, 0.2) is 0 Å². The molecule has 12 aromatic carbocycles. The molecule has 0 N–H and O–H groups in total. The van der Waals surface area contributed by atoms with Gasteiger partial charge in [-0.1, -0.05) is 207 Å². The SMILES string of the molecule is CC(C)(C)c1ccc2c(c1)C(C)(C)c1cc(C(C)(C)C)cc(-c3ccc4c(c3)c3cc5c(-c6ccccc6)c6c7cccc8cccc(c6c(-c6ccccc6)c5c5cccc4c35)c87)c1-2. The molecule has 0 fully saturated rings. The van der Waals surface area contributed by atoms with Crippen LogP contribution in [0.2, 0.25) is 0 Å². The van der Waals surface area contributed by atoms with Crippen LogP contribution < -0.4 is 0 Å². The van der Waals surface area contributed by atoms with Crippen molar-refractivity contribution < 1.29 is 0 Å². The van der Waals surface area contributed by atoms with Gasteiger partial charge in [0.2, 0.25) is 0 Å². The van der Waals surface area contributed by atoms with E-state index < -0.39 is 0 Å².